The number of halogens is 6. The quantitative estimate of drug-likeness (QED) is 0.817. The molecule has 0 atom stereocenters. The van der Waals surface area contributed by atoms with Crippen LogP contribution in [-0.4, -0.2) is 30.5 Å². The Morgan fingerprint density at radius 1 is 1.32 bits per heavy atom. The minimum absolute atomic E-state index is 0.238. The first kappa shape index (κ1) is 15.4. The number of alkyl halides is 4. The highest BCUT2D eigenvalue weighted by atomic mass is 19.3. The fourth-order valence-corrected chi connectivity index (χ4v) is 1.07. The van der Waals surface area contributed by atoms with Crippen LogP contribution in [0.1, 0.15) is 6.92 Å². The molecule has 0 radical (unpaired) electrons. The van der Waals surface area contributed by atoms with Crippen LogP contribution >= 0.6 is 0 Å². The lowest BCUT2D eigenvalue weighted by Gasteiger charge is -2.16. The molecule has 0 aliphatic rings. The number of aromatic nitrogens is 1. The fraction of sp³-hybridized carbons (Fsp3) is 0.500. The molecule has 0 amide bonds. The van der Waals surface area contributed by atoms with E-state index in [1.54, 1.807) is 6.92 Å². The van der Waals surface area contributed by atoms with Gasteiger partial charge >= 0.3 is 12.3 Å². The average Bonchev–Trinajstić information content (AvgIpc) is 2.31. The lowest BCUT2D eigenvalue weighted by molar-refractivity contribution is -0.149. The number of pyridine rings is 1. The molecule has 0 aliphatic carbocycles. The molecule has 0 saturated carbocycles. The molecule has 0 saturated heterocycles. The maximum absolute atomic E-state index is 13.2. The van der Waals surface area contributed by atoms with Gasteiger partial charge in [-0.15, -0.1) is 0 Å². The van der Waals surface area contributed by atoms with E-state index in [-0.39, 0.29) is 6.54 Å². The van der Waals surface area contributed by atoms with E-state index in [4.69, 9.17) is 0 Å². The molecule has 1 aromatic rings. The average molecular weight is 288 g/mol. The van der Waals surface area contributed by atoms with Crippen LogP contribution in [0.15, 0.2) is 6.07 Å². The van der Waals surface area contributed by atoms with Crippen LogP contribution in [0, 0.1) is 11.6 Å². The van der Waals surface area contributed by atoms with Gasteiger partial charge in [0.15, 0.2) is 24.1 Å². The fourth-order valence-electron chi connectivity index (χ4n) is 1.07. The van der Waals surface area contributed by atoms with Crippen LogP contribution in [-0.2, 0) is 0 Å². The molecule has 0 spiro atoms. The molecule has 0 aliphatic heterocycles. The zero-order chi connectivity index (χ0) is 14.6. The molecule has 1 aromatic heterocycles. The van der Waals surface area contributed by atoms with Gasteiger partial charge in [-0.25, -0.2) is 17.6 Å². The van der Waals surface area contributed by atoms with Gasteiger partial charge < -0.3 is 10.1 Å². The van der Waals surface area contributed by atoms with Gasteiger partial charge in [-0.1, -0.05) is 0 Å². The van der Waals surface area contributed by atoms with Crippen molar-refractivity contribution in [3.05, 3.63) is 17.7 Å². The minimum atomic E-state index is -4.44. The second-order valence-electron chi connectivity index (χ2n) is 3.49. The normalized spacial score (nSPS) is 11.8. The van der Waals surface area contributed by atoms with Crippen molar-refractivity contribution in [2.24, 2.45) is 0 Å². The van der Waals surface area contributed by atoms with Gasteiger partial charge in [-0.2, -0.15) is 13.8 Å². The summed E-state index contributed by atoms with van der Waals surface area (Å²) < 4.78 is 79.4. The van der Waals surface area contributed by atoms with Gasteiger partial charge in [-0.3, -0.25) is 0 Å². The van der Waals surface area contributed by atoms with Crippen molar-refractivity contribution >= 4 is 5.82 Å². The number of anilines is 1. The standard InChI is InChI=1S/C10H10F6N2O/c1-2-17-7-5(11)3-6(12)8(18-7)19-4-10(15,16)9(13)14/h3,9H,2,4H2,1H3,(H,17,18). The highest BCUT2D eigenvalue weighted by Crippen LogP contribution is 2.26. The zero-order valence-corrected chi connectivity index (χ0v) is 9.69. The first-order valence-electron chi connectivity index (χ1n) is 5.16. The Hall–Kier alpha value is -1.67. The Balaban J connectivity index is 2.86. The number of hydrogen-bond donors (Lipinski definition) is 1. The predicted molar refractivity (Wildman–Crippen MR) is 54.8 cm³/mol. The van der Waals surface area contributed by atoms with Gasteiger partial charge in [0.2, 0.25) is 0 Å². The first-order chi connectivity index (χ1) is 8.77. The molecule has 1 N–H and O–H groups in total. The van der Waals surface area contributed by atoms with Crippen LogP contribution in [0.5, 0.6) is 5.88 Å². The van der Waals surface area contributed by atoms with Crippen LogP contribution in [0.3, 0.4) is 0 Å². The van der Waals surface area contributed by atoms with Crippen molar-refractivity contribution in [2.45, 2.75) is 19.3 Å². The van der Waals surface area contributed by atoms with E-state index < -0.39 is 42.3 Å². The molecule has 1 heterocycles. The molecule has 19 heavy (non-hydrogen) atoms. The predicted octanol–water partition coefficient (Wildman–Crippen LogP) is 3.07. The summed E-state index contributed by atoms with van der Waals surface area (Å²) in [4.78, 5) is 3.26. The van der Waals surface area contributed by atoms with Gasteiger partial charge in [0.05, 0.1) is 0 Å². The van der Waals surface area contributed by atoms with E-state index in [0.717, 1.165) is 0 Å². The summed E-state index contributed by atoms with van der Waals surface area (Å²) in [7, 11) is 0. The maximum atomic E-state index is 13.2. The van der Waals surface area contributed by atoms with Crippen LogP contribution in [0.2, 0.25) is 0 Å². The number of nitrogens with zero attached hydrogens (tertiary/aromatic N) is 1. The zero-order valence-electron chi connectivity index (χ0n) is 9.69. The minimum Gasteiger partial charge on any atom is -0.469 e. The van der Waals surface area contributed by atoms with Gasteiger partial charge in [-0.05, 0) is 6.92 Å². The molecular weight excluding hydrogens is 278 g/mol. The number of hydrogen-bond acceptors (Lipinski definition) is 3. The number of nitrogens with one attached hydrogen (secondary N) is 1. The molecule has 0 aromatic carbocycles. The van der Waals surface area contributed by atoms with Crippen molar-refractivity contribution in [1.29, 1.82) is 0 Å². The van der Waals surface area contributed by atoms with Gasteiger partial charge in [0, 0.05) is 12.6 Å². The lowest BCUT2D eigenvalue weighted by Crippen LogP contribution is -2.34. The SMILES string of the molecule is CCNc1nc(OCC(F)(F)C(F)F)c(F)cc1F. The van der Waals surface area contributed by atoms with E-state index in [1.165, 1.54) is 0 Å². The van der Waals surface area contributed by atoms with E-state index in [0.29, 0.717) is 6.07 Å². The molecule has 0 fully saturated rings. The molecule has 108 valence electrons. The Kier molecular flexibility index (Phi) is 4.84. The Morgan fingerprint density at radius 3 is 2.47 bits per heavy atom. The third-order valence-electron chi connectivity index (χ3n) is 1.96. The summed E-state index contributed by atoms with van der Waals surface area (Å²) in [5.74, 6) is -8.24. The smallest absolute Gasteiger partial charge is 0.340 e. The molecule has 3 nitrogen and oxygen atoms in total. The summed E-state index contributed by atoms with van der Waals surface area (Å²) in [6.45, 7) is 0.0733. The Bertz CT molecular complexity index is 440. The monoisotopic (exact) mass is 288 g/mol. The third-order valence-corrected chi connectivity index (χ3v) is 1.96. The van der Waals surface area contributed by atoms with Crippen molar-refractivity contribution in [2.75, 3.05) is 18.5 Å². The summed E-state index contributed by atoms with van der Waals surface area (Å²) in [5.41, 5.74) is 0. The summed E-state index contributed by atoms with van der Waals surface area (Å²) in [6, 6.07) is 0.362. The summed E-state index contributed by atoms with van der Waals surface area (Å²) in [5, 5.41) is 2.39. The van der Waals surface area contributed by atoms with Gasteiger partial charge in [0.25, 0.3) is 5.88 Å². The Labute approximate surface area is 104 Å². The second-order valence-corrected chi connectivity index (χ2v) is 3.49. The maximum Gasteiger partial charge on any atom is 0.340 e. The van der Waals surface area contributed by atoms with E-state index in [2.05, 4.69) is 15.0 Å². The van der Waals surface area contributed by atoms with Crippen molar-refractivity contribution in [1.82, 2.24) is 4.98 Å². The molecule has 0 unspecified atom stereocenters. The topological polar surface area (TPSA) is 34.2 Å². The first-order valence-corrected chi connectivity index (χ1v) is 5.16. The molecular formula is C10H10F6N2O. The highest BCUT2D eigenvalue weighted by molar-refractivity contribution is 5.39. The van der Waals surface area contributed by atoms with Crippen LogP contribution < -0.4 is 10.1 Å². The van der Waals surface area contributed by atoms with Crippen molar-refractivity contribution < 1.29 is 31.1 Å². The van der Waals surface area contributed by atoms with Gasteiger partial charge in [0.1, 0.15) is 0 Å². The summed E-state index contributed by atoms with van der Waals surface area (Å²) >= 11 is 0. The third kappa shape index (κ3) is 3.90. The molecule has 1 rings (SSSR count). The van der Waals surface area contributed by atoms with Crippen molar-refractivity contribution in [3.8, 4) is 5.88 Å². The van der Waals surface area contributed by atoms with Crippen LogP contribution in [0.4, 0.5) is 32.2 Å². The largest absolute Gasteiger partial charge is 0.469 e. The molecule has 0 bridgehead atoms. The van der Waals surface area contributed by atoms with Crippen LogP contribution in [0.25, 0.3) is 0 Å². The second kappa shape index (κ2) is 5.98. The number of rotatable bonds is 6. The Morgan fingerprint density at radius 2 is 1.95 bits per heavy atom. The lowest BCUT2D eigenvalue weighted by atomic mass is 10.3. The molecule has 9 heteroatoms. The van der Waals surface area contributed by atoms with E-state index in [1.807, 2.05) is 0 Å². The van der Waals surface area contributed by atoms with E-state index in [9.17, 15) is 26.3 Å². The van der Waals surface area contributed by atoms with Crippen molar-refractivity contribution in [3.63, 3.8) is 0 Å². The number of ether oxygens (including phenoxy) is 1. The summed E-state index contributed by atoms with van der Waals surface area (Å²) in [6.07, 6.45) is -3.95. The highest BCUT2D eigenvalue weighted by Gasteiger charge is 2.42. The van der Waals surface area contributed by atoms with E-state index >= 15 is 0 Å².